The van der Waals surface area contributed by atoms with E-state index >= 15 is 0 Å². The summed E-state index contributed by atoms with van der Waals surface area (Å²) < 4.78 is 8.37. The first-order valence-electron chi connectivity index (χ1n) is 7.04. The number of methoxy groups -OCH3 is 1. The smallest absolute Gasteiger partial charge is 0.216 e. The maximum atomic E-state index is 10.1. The van der Waals surface area contributed by atoms with E-state index in [0.29, 0.717) is 20.6 Å². The van der Waals surface area contributed by atoms with Gasteiger partial charge in [0.05, 0.1) is 17.8 Å². The van der Waals surface area contributed by atoms with E-state index in [1.54, 1.807) is 19.2 Å². The Hall–Kier alpha value is -1.97. The number of ether oxygens (including phenoxy) is 1. The lowest BCUT2D eigenvalue weighted by molar-refractivity contribution is 0.415. The molecule has 0 unspecified atom stereocenters. The molecule has 9 heteroatoms. The Kier molecular flexibility index (Phi) is 5.36. The third kappa shape index (κ3) is 3.83. The van der Waals surface area contributed by atoms with Crippen LogP contribution in [0.2, 0.25) is 0 Å². The summed E-state index contributed by atoms with van der Waals surface area (Å²) in [5.74, 6) is 1.39. The van der Waals surface area contributed by atoms with E-state index in [2.05, 4.69) is 47.2 Å². The van der Waals surface area contributed by atoms with Crippen molar-refractivity contribution in [2.75, 3.05) is 7.11 Å². The molecule has 0 radical (unpaired) electrons. The Morgan fingerprint density at radius 1 is 1.28 bits per heavy atom. The number of aromatic nitrogens is 3. The topological polar surface area (TPSA) is 75.4 Å². The van der Waals surface area contributed by atoms with Gasteiger partial charge in [0.2, 0.25) is 4.77 Å². The van der Waals surface area contributed by atoms with Gasteiger partial charge in [-0.25, -0.2) is 5.10 Å². The van der Waals surface area contributed by atoms with Crippen LogP contribution in [-0.2, 0) is 0 Å². The molecule has 0 aliphatic rings. The van der Waals surface area contributed by atoms with Gasteiger partial charge in [-0.3, -0.25) is 0 Å². The number of hydrogen-bond acceptors (Lipinski definition) is 5. The Morgan fingerprint density at radius 3 is 2.68 bits per heavy atom. The number of aromatic hydroxyl groups is 1. The molecule has 0 spiro atoms. The number of rotatable bonds is 4. The number of H-pyrrole nitrogens is 1. The van der Waals surface area contributed by atoms with Crippen molar-refractivity contribution in [1.29, 1.82) is 0 Å². The van der Waals surface area contributed by atoms with Crippen molar-refractivity contribution in [3.8, 4) is 22.9 Å². The molecule has 2 aromatic carbocycles. The zero-order valence-corrected chi connectivity index (χ0v) is 16.9. The van der Waals surface area contributed by atoms with Crippen LogP contribution in [0, 0.1) is 4.77 Å². The second kappa shape index (κ2) is 7.51. The SMILES string of the molecule is COc1ccc(-c2n[nH]c(=S)n2N=Cc2cc(Br)cc(Br)c2O)cc1. The third-order valence-electron chi connectivity index (χ3n) is 3.37. The van der Waals surface area contributed by atoms with Crippen molar-refractivity contribution in [3.63, 3.8) is 0 Å². The van der Waals surface area contributed by atoms with Gasteiger partial charge in [-0.05, 0) is 64.5 Å². The Balaban J connectivity index is 2.01. The number of nitrogens with zero attached hydrogens (tertiary/aromatic N) is 3. The summed E-state index contributed by atoms with van der Waals surface area (Å²) in [4.78, 5) is 0. The zero-order valence-electron chi connectivity index (χ0n) is 12.9. The minimum absolute atomic E-state index is 0.0907. The lowest BCUT2D eigenvalue weighted by Crippen LogP contribution is -1.95. The van der Waals surface area contributed by atoms with E-state index in [9.17, 15) is 5.11 Å². The number of benzene rings is 2. The summed E-state index contributed by atoms with van der Waals surface area (Å²) in [6.45, 7) is 0. The quantitative estimate of drug-likeness (QED) is 0.415. The van der Waals surface area contributed by atoms with Crippen LogP contribution in [0.15, 0.2) is 50.4 Å². The van der Waals surface area contributed by atoms with Crippen LogP contribution in [0.5, 0.6) is 11.5 Å². The molecule has 0 aliphatic carbocycles. The fraction of sp³-hybridized carbons (Fsp3) is 0.0625. The maximum absolute atomic E-state index is 10.1. The maximum Gasteiger partial charge on any atom is 0.216 e. The number of phenols is 1. The van der Waals surface area contributed by atoms with Gasteiger partial charge >= 0.3 is 0 Å². The first-order valence-corrected chi connectivity index (χ1v) is 9.03. The molecule has 3 rings (SSSR count). The molecule has 0 aliphatic heterocycles. The summed E-state index contributed by atoms with van der Waals surface area (Å²) in [6.07, 6.45) is 1.52. The van der Waals surface area contributed by atoms with Crippen molar-refractivity contribution >= 4 is 50.3 Å². The lowest BCUT2D eigenvalue weighted by atomic mass is 10.2. The van der Waals surface area contributed by atoms with Crippen molar-refractivity contribution in [2.24, 2.45) is 5.10 Å². The standard InChI is InChI=1S/C16H12Br2N4O2S/c1-24-12-4-2-9(3-5-12)15-20-21-16(25)22(15)19-8-10-6-11(17)7-13(18)14(10)23/h2-8,23H,1H3,(H,21,25). The number of halogens is 2. The van der Waals surface area contributed by atoms with E-state index in [-0.39, 0.29) is 5.75 Å². The molecule has 2 N–H and O–H groups in total. The number of hydrogen-bond donors (Lipinski definition) is 2. The van der Waals surface area contributed by atoms with Crippen LogP contribution < -0.4 is 4.74 Å². The highest BCUT2D eigenvalue weighted by molar-refractivity contribution is 9.11. The molecular weight excluding hydrogens is 472 g/mol. The summed E-state index contributed by atoms with van der Waals surface area (Å²) >= 11 is 11.9. The summed E-state index contributed by atoms with van der Waals surface area (Å²) in [6, 6.07) is 10.9. The van der Waals surface area contributed by atoms with Crippen molar-refractivity contribution in [2.45, 2.75) is 0 Å². The Morgan fingerprint density at radius 2 is 2.00 bits per heavy atom. The zero-order chi connectivity index (χ0) is 18.0. The molecule has 0 amide bonds. The second-order valence-electron chi connectivity index (χ2n) is 4.96. The molecule has 1 aromatic heterocycles. The van der Waals surface area contributed by atoms with Crippen LogP contribution >= 0.6 is 44.1 Å². The highest BCUT2D eigenvalue weighted by atomic mass is 79.9. The molecule has 1 heterocycles. The first kappa shape index (κ1) is 17.8. The molecule has 0 saturated carbocycles. The monoisotopic (exact) mass is 482 g/mol. The van der Waals surface area contributed by atoms with Gasteiger partial charge < -0.3 is 9.84 Å². The molecule has 0 atom stereocenters. The number of aromatic amines is 1. The van der Waals surface area contributed by atoms with Crippen molar-refractivity contribution in [3.05, 3.63) is 55.7 Å². The van der Waals surface area contributed by atoms with Crippen molar-refractivity contribution in [1.82, 2.24) is 14.9 Å². The highest BCUT2D eigenvalue weighted by Gasteiger charge is 2.10. The predicted molar refractivity (Wildman–Crippen MR) is 106 cm³/mol. The molecule has 0 fully saturated rings. The number of nitrogens with one attached hydrogen (secondary N) is 1. The molecule has 0 bridgehead atoms. The molecule has 0 saturated heterocycles. The highest BCUT2D eigenvalue weighted by Crippen LogP contribution is 2.30. The normalized spacial score (nSPS) is 11.2. The van der Waals surface area contributed by atoms with Gasteiger partial charge in [0.25, 0.3) is 0 Å². The van der Waals surface area contributed by atoms with Gasteiger partial charge in [-0.1, -0.05) is 15.9 Å². The molecular formula is C16H12Br2N4O2S. The molecule has 3 aromatic rings. The lowest BCUT2D eigenvalue weighted by Gasteiger charge is -2.04. The van der Waals surface area contributed by atoms with E-state index in [1.165, 1.54) is 10.9 Å². The minimum atomic E-state index is 0.0907. The van der Waals surface area contributed by atoms with Gasteiger partial charge in [-0.2, -0.15) is 14.9 Å². The molecule has 128 valence electrons. The van der Waals surface area contributed by atoms with Crippen LogP contribution in [0.25, 0.3) is 11.4 Å². The van der Waals surface area contributed by atoms with Gasteiger partial charge in [-0.15, -0.1) is 0 Å². The van der Waals surface area contributed by atoms with Crippen LogP contribution in [-0.4, -0.2) is 33.3 Å². The number of phenolic OH excluding ortho intramolecular Hbond substituents is 1. The van der Waals surface area contributed by atoms with Crippen molar-refractivity contribution < 1.29 is 9.84 Å². The fourth-order valence-electron chi connectivity index (χ4n) is 2.13. The van der Waals surface area contributed by atoms with E-state index in [4.69, 9.17) is 17.0 Å². The first-order chi connectivity index (χ1) is 12.0. The summed E-state index contributed by atoms with van der Waals surface area (Å²) in [5, 5.41) is 21.4. The summed E-state index contributed by atoms with van der Waals surface area (Å²) in [7, 11) is 1.61. The summed E-state index contributed by atoms with van der Waals surface area (Å²) in [5.41, 5.74) is 1.36. The fourth-order valence-corrected chi connectivity index (χ4v) is 3.57. The third-order valence-corrected chi connectivity index (χ3v) is 4.70. The van der Waals surface area contributed by atoms with Gasteiger partial charge in [0.1, 0.15) is 11.5 Å². The Bertz CT molecular complexity index is 996. The molecule has 6 nitrogen and oxygen atoms in total. The predicted octanol–water partition coefficient (Wildman–Crippen LogP) is 4.73. The van der Waals surface area contributed by atoms with E-state index in [1.807, 2.05) is 24.3 Å². The largest absolute Gasteiger partial charge is 0.506 e. The molecule has 25 heavy (non-hydrogen) atoms. The van der Waals surface area contributed by atoms with Gasteiger partial charge in [0, 0.05) is 15.6 Å². The van der Waals surface area contributed by atoms with Crippen LogP contribution in [0.4, 0.5) is 0 Å². The van der Waals surface area contributed by atoms with E-state index in [0.717, 1.165) is 15.8 Å². The second-order valence-corrected chi connectivity index (χ2v) is 7.12. The minimum Gasteiger partial charge on any atom is -0.506 e. The van der Waals surface area contributed by atoms with Crippen LogP contribution in [0.1, 0.15) is 5.56 Å². The van der Waals surface area contributed by atoms with Crippen LogP contribution in [0.3, 0.4) is 0 Å². The average Bonchev–Trinajstić information content (AvgIpc) is 2.97. The average molecular weight is 484 g/mol. The van der Waals surface area contributed by atoms with E-state index < -0.39 is 0 Å². The Labute approximate surface area is 165 Å². The van der Waals surface area contributed by atoms with Gasteiger partial charge in [0.15, 0.2) is 5.82 Å².